The number of carbonyl (C=O) groups is 1. The van der Waals surface area contributed by atoms with Gasteiger partial charge in [-0.05, 0) is 20.8 Å². The second-order valence-electron chi connectivity index (χ2n) is 6.66. The lowest BCUT2D eigenvalue weighted by Crippen LogP contribution is -2.61. The standard InChI is InChI=1S/C16H31N5O3/c1-4-18-15(19-11-13-12-23-9-10-24-13)20-5-7-21(8-6-20)16(2,3)14(17)22/h13H,4-12H2,1-3H3,(H2,17,22)(H,18,19). The molecule has 0 aromatic rings. The van der Waals surface area contributed by atoms with Crippen LogP contribution < -0.4 is 11.1 Å². The molecule has 1 unspecified atom stereocenters. The number of ether oxygens (including phenoxy) is 2. The van der Waals surface area contributed by atoms with E-state index in [1.165, 1.54) is 0 Å². The Bertz CT molecular complexity index is 441. The van der Waals surface area contributed by atoms with Crippen LogP contribution in [-0.4, -0.2) is 92.4 Å². The van der Waals surface area contributed by atoms with Crippen molar-refractivity contribution in [2.24, 2.45) is 10.7 Å². The van der Waals surface area contributed by atoms with Gasteiger partial charge in [-0.25, -0.2) is 0 Å². The fraction of sp³-hybridized carbons (Fsp3) is 0.875. The molecule has 1 amide bonds. The van der Waals surface area contributed by atoms with Gasteiger partial charge in [-0.3, -0.25) is 14.7 Å². The van der Waals surface area contributed by atoms with Gasteiger partial charge in [-0.15, -0.1) is 0 Å². The normalized spacial score (nSPS) is 24.0. The Balaban J connectivity index is 1.91. The molecule has 2 heterocycles. The zero-order chi connectivity index (χ0) is 17.6. The summed E-state index contributed by atoms with van der Waals surface area (Å²) in [4.78, 5) is 20.7. The molecule has 8 heteroatoms. The molecule has 2 aliphatic rings. The Labute approximate surface area is 144 Å². The van der Waals surface area contributed by atoms with Crippen molar-refractivity contribution < 1.29 is 14.3 Å². The van der Waals surface area contributed by atoms with Gasteiger partial charge >= 0.3 is 0 Å². The Morgan fingerprint density at radius 1 is 1.29 bits per heavy atom. The first kappa shape index (κ1) is 19.0. The molecule has 2 saturated heterocycles. The average molecular weight is 341 g/mol. The maximum atomic E-state index is 11.6. The molecule has 0 spiro atoms. The van der Waals surface area contributed by atoms with E-state index in [4.69, 9.17) is 20.2 Å². The minimum absolute atomic E-state index is 0.0301. The van der Waals surface area contributed by atoms with Gasteiger partial charge in [0.1, 0.15) is 6.10 Å². The van der Waals surface area contributed by atoms with Gasteiger partial charge < -0.3 is 25.4 Å². The maximum absolute atomic E-state index is 11.6. The fourth-order valence-corrected chi connectivity index (χ4v) is 2.89. The van der Waals surface area contributed by atoms with E-state index in [1.807, 2.05) is 13.8 Å². The van der Waals surface area contributed by atoms with Crippen LogP contribution in [0.1, 0.15) is 20.8 Å². The molecule has 138 valence electrons. The van der Waals surface area contributed by atoms with Gasteiger partial charge in [-0.1, -0.05) is 0 Å². The number of piperazine rings is 1. The van der Waals surface area contributed by atoms with E-state index < -0.39 is 5.54 Å². The number of primary amides is 1. The topological polar surface area (TPSA) is 92.4 Å². The maximum Gasteiger partial charge on any atom is 0.237 e. The van der Waals surface area contributed by atoms with Crippen molar-refractivity contribution in [3.63, 3.8) is 0 Å². The molecule has 0 aromatic carbocycles. The van der Waals surface area contributed by atoms with Crippen molar-refractivity contribution in [3.05, 3.63) is 0 Å². The quantitative estimate of drug-likeness (QED) is 0.505. The second-order valence-corrected chi connectivity index (χ2v) is 6.66. The van der Waals surface area contributed by atoms with E-state index in [-0.39, 0.29) is 12.0 Å². The van der Waals surface area contributed by atoms with Crippen molar-refractivity contribution in [3.8, 4) is 0 Å². The summed E-state index contributed by atoms with van der Waals surface area (Å²) in [5.41, 5.74) is 4.90. The van der Waals surface area contributed by atoms with Crippen LogP contribution in [0.2, 0.25) is 0 Å². The predicted molar refractivity (Wildman–Crippen MR) is 93.0 cm³/mol. The van der Waals surface area contributed by atoms with E-state index in [1.54, 1.807) is 0 Å². The second kappa shape index (κ2) is 8.64. The molecule has 0 bridgehead atoms. The Kier molecular flexibility index (Phi) is 6.82. The molecule has 0 aromatic heterocycles. The molecule has 0 saturated carbocycles. The molecule has 1 atom stereocenters. The van der Waals surface area contributed by atoms with Crippen molar-refractivity contribution >= 4 is 11.9 Å². The Hall–Kier alpha value is -1.38. The van der Waals surface area contributed by atoms with Gasteiger partial charge in [0.15, 0.2) is 5.96 Å². The van der Waals surface area contributed by atoms with Gasteiger partial charge in [0.25, 0.3) is 0 Å². The van der Waals surface area contributed by atoms with E-state index in [2.05, 4.69) is 22.0 Å². The molecule has 24 heavy (non-hydrogen) atoms. The molecule has 2 rings (SSSR count). The number of aliphatic imine (C=N–C) groups is 1. The van der Waals surface area contributed by atoms with Crippen LogP contribution in [0.3, 0.4) is 0 Å². The molecule has 0 aliphatic carbocycles. The first-order valence-corrected chi connectivity index (χ1v) is 8.72. The largest absolute Gasteiger partial charge is 0.376 e. The summed E-state index contributed by atoms with van der Waals surface area (Å²) in [5.74, 6) is 0.606. The van der Waals surface area contributed by atoms with E-state index in [0.29, 0.717) is 26.4 Å². The third-order valence-corrected chi connectivity index (χ3v) is 4.64. The number of amides is 1. The number of carbonyl (C=O) groups excluding carboxylic acids is 1. The highest BCUT2D eigenvalue weighted by atomic mass is 16.6. The molecule has 3 N–H and O–H groups in total. The molecular weight excluding hydrogens is 310 g/mol. The fourth-order valence-electron chi connectivity index (χ4n) is 2.89. The minimum atomic E-state index is -0.616. The number of nitrogens with one attached hydrogen (secondary N) is 1. The summed E-state index contributed by atoms with van der Waals surface area (Å²) in [6, 6.07) is 0. The predicted octanol–water partition coefficient (Wildman–Crippen LogP) is -0.751. The number of guanidine groups is 1. The lowest BCUT2D eigenvalue weighted by molar-refractivity contribution is -0.129. The van der Waals surface area contributed by atoms with E-state index in [0.717, 1.165) is 38.7 Å². The number of hydrogen-bond acceptors (Lipinski definition) is 5. The highest BCUT2D eigenvalue weighted by Crippen LogP contribution is 2.16. The minimum Gasteiger partial charge on any atom is -0.376 e. The summed E-state index contributed by atoms with van der Waals surface area (Å²) in [7, 11) is 0. The van der Waals surface area contributed by atoms with Gasteiger partial charge in [0.2, 0.25) is 5.91 Å². The SMILES string of the molecule is CCNC(=NCC1COCCO1)N1CCN(C(C)(C)C(N)=O)CC1. The van der Waals surface area contributed by atoms with Crippen LogP contribution in [0, 0.1) is 0 Å². The average Bonchev–Trinajstić information content (AvgIpc) is 2.59. The van der Waals surface area contributed by atoms with Gasteiger partial charge in [-0.2, -0.15) is 0 Å². The van der Waals surface area contributed by atoms with Crippen LogP contribution >= 0.6 is 0 Å². The van der Waals surface area contributed by atoms with Crippen molar-refractivity contribution in [2.45, 2.75) is 32.4 Å². The highest BCUT2D eigenvalue weighted by Gasteiger charge is 2.35. The highest BCUT2D eigenvalue weighted by molar-refractivity contribution is 5.84. The van der Waals surface area contributed by atoms with Gasteiger partial charge in [0.05, 0.1) is 31.9 Å². The summed E-state index contributed by atoms with van der Waals surface area (Å²) in [6.07, 6.45) is 0.0301. The summed E-state index contributed by atoms with van der Waals surface area (Å²) >= 11 is 0. The number of hydrogen-bond donors (Lipinski definition) is 2. The van der Waals surface area contributed by atoms with E-state index in [9.17, 15) is 4.79 Å². The molecule has 2 aliphatic heterocycles. The van der Waals surface area contributed by atoms with Crippen molar-refractivity contribution in [1.29, 1.82) is 0 Å². The molecular formula is C16H31N5O3. The Morgan fingerprint density at radius 2 is 2.00 bits per heavy atom. The summed E-state index contributed by atoms with van der Waals surface area (Å²) in [6.45, 7) is 12.3. The van der Waals surface area contributed by atoms with Crippen molar-refractivity contribution in [2.75, 3.05) is 59.1 Å². The summed E-state index contributed by atoms with van der Waals surface area (Å²) in [5, 5.41) is 3.34. The lowest BCUT2D eigenvalue weighted by Gasteiger charge is -2.43. The smallest absolute Gasteiger partial charge is 0.237 e. The van der Waals surface area contributed by atoms with Crippen LogP contribution in [0.4, 0.5) is 0 Å². The Morgan fingerprint density at radius 3 is 2.54 bits per heavy atom. The van der Waals surface area contributed by atoms with Crippen LogP contribution in [-0.2, 0) is 14.3 Å². The first-order valence-electron chi connectivity index (χ1n) is 8.72. The number of nitrogens with two attached hydrogens (primary N) is 1. The third kappa shape index (κ3) is 4.81. The van der Waals surface area contributed by atoms with Crippen LogP contribution in [0.15, 0.2) is 4.99 Å². The summed E-state index contributed by atoms with van der Waals surface area (Å²) < 4.78 is 11.1. The third-order valence-electron chi connectivity index (χ3n) is 4.64. The molecule has 8 nitrogen and oxygen atoms in total. The molecule has 0 radical (unpaired) electrons. The van der Waals surface area contributed by atoms with Crippen LogP contribution in [0.5, 0.6) is 0 Å². The lowest BCUT2D eigenvalue weighted by atomic mass is 10.0. The zero-order valence-corrected chi connectivity index (χ0v) is 15.1. The zero-order valence-electron chi connectivity index (χ0n) is 15.1. The van der Waals surface area contributed by atoms with Crippen LogP contribution in [0.25, 0.3) is 0 Å². The molecule has 2 fully saturated rings. The van der Waals surface area contributed by atoms with Gasteiger partial charge in [0, 0.05) is 32.7 Å². The number of rotatable bonds is 5. The first-order chi connectivity index (χ1) is 11.4. The van der Waals surface area contributed by atoms with E-state index >= 15 is 0 Å². The number of nitrogens with zero attached hydrogens (tertiary/aromatic N) is 3. The van der Waals surface area contributed by atoms with Crippen molar-refractivity contribution in [1.82, 2.24) is 15.1 Å². The monoisotopic (exact) mass is 341 g/mol.